The maximum Gasteiger partial charge on any atom is 0.252 e. The van der Waals surface area contributed by atoms with Crippen LogP contribution in [0.2, 0.25) is 0 Å². The van der Waals surface area contributed by atoms with Crippen molar-refractivity contribution < 1.29 is 13.2 Å². The number of nitrogens with zero attached hydrogens (tertiary/aromatic N) is 2. The Morgan fingerprint density at radius 2 is 1.90 bits per heavy atom. The van der Waals surface area contributed by atoms with E-state index in [9.17, 15) is 13.2 Å². The average molecular weight is 419 g/mol. The molecule has 1 aliphatic rings. The number of piperazine rings is 1. The number of hydrogen-bond donors (Lipinski definition) is 1. The van der Waals surface area contributed by atoms with Crippen molar-refractivity contribution in [3.8, 4) is 0 Å². The van der Waals surface area contributed by atoms with Crippen LogP contribution in [0.25, 0.3) is 0 Å². The highest BCUT2D eigenvalue weighted by Crippen LogP contribution is 2.28. The van der Waals surface area contributed by atoms with Crippen molar-refractivity contribution in [2.24, 2.45) is 5.73 Å². The number of carbonyl (C=O) groups is 1. The summed E-state index contributed by atoms with van der Waals surface area (Å²) in [7, 11) is -3.46. The molecule has 1 fully saturated rings. The van der Waals surface area contributed by atoms with Gasteiger partial charge in [-0.15, -0.1) is 23.7 Å². The Labute approximate surface area is 142 Å². The fraction of sp³-hybridized carbons (Fsp3) is 0.545. The smallest absolute Gasteiger partial charge is 0.252 e. The predicted octanol–water partition coefficient (Wildman–Crippen LogP) is 1.11. The minimum absolute atomic E-state index is 0. The quantitative estimate of drug-likeness (QED) is 0.797. The van der Waals surface area contributed by atoms with E-state index in [0.717, 1.165) is 3.79 Å². The molecule has 120 valence electrons. The van der Waals surface area contributed by atoms with Gasteiger partial charge < -0.3 is 10.6 Å². The minimum Gasteiger partial charge on any atom is -0.339 e. The Bertz CT molecular complexity index is 598. The molecule has 1 aliphatic heterocycles. The Kier molecular flexibility index (Phi) is 6.63. The first-order valence-electron chi connectivity index (χ1n) is 6.12. The zero-order valence-corrected chi connectivity index (χ0v) is 15.4. The van der Waals surface area contributed by atoms with Crippen LogP contribution in [0, 0.1) is 0 Å². The van der Waals surface area contributed by atoms with Crippen LogP contribution in [-0.2, 0) is 14.8 Å². The van der Waals surface area contributed by atoms with Gasteiger partial charge in [0.25, 0.3) is 10.0 Å². The summed E-state index contributed by atoms with van der Waals surface area (Å²) in [6.07, 6.45) is 0. The third-order valence-corrected chi connectivity index (χ3v) is 7.07. The number of amides is 1. The zero-order chi connectivity index (χ0) is 14.9. The first kappa shape index (κ1) is 18.9. The molecule has 0 aromatic carbocycles. The summed E-state index contributed by atoms with van der Waals surface area (Å²) in [6.45, 7) is 3.00. The van der Waals surface area contributed by atoms with Crippen LogP contribution in [0.15, 0.2) is 20.1 Å². The summed E-state index contributed by atoms with van der Waals surface area (Å²) >= 11 is 4.45. The molecule has 1 saturated heterocycles. The molecule has 6 nitrogen and oxygen atoms in total. The van der Waals surface area contributed by atoms with E-state index in [-0.39, 0.29) is 18.3 Å². The fourth-order valence-corrected chi connectivity index (χ4v) is 5.59. The summed E-state index contributed by atoms with van der Waals surface area (Å²) in [5, 5.41) is 0. The number of thiophene rings is 1. The number of rotatable bonds is 3. The third kappa shape index (κ3) is 4.17. The van der Waals surface area contributed by atoms with Crippen LogP contribution in [-0.4, -0.2) is 55.8 Å². The van der Waals surface area contributed by atoms with Gasteiger partial charge in [0.05, 0.1) is 9.83 Å². The van der Waals surface area contributed by atoms with E-state index in [1.165, 1.54) is 15.6 Å². The zero-order valence-electron chi connectivity index (χ0n) is 11.4. The molecule has 0 aliphatic carbocycles. The summed E-state index contributed by atoms with van der Waals surface area (Å²) in [5.74, 6) is -0.138. The summed E-state index contributed by atoms with van der Waals surface area (Å²) in [4.78, 5) is 13.4. The van der Waals surface area contributed by atoms with Crippen molar-refractivity contribution >= 4 is 55.6 Å². The molecule has 21 heavy (non-hydrogen) atoms. The van der Waals surface area contributed by atoms with Gasteiger partial charge in [-0.1, -0.05) is 0 Å². The molecular weight excluding hydrogens is 402 g/mol. The summed E-state index contributed by atoms with van der Waals surface area (Å²) < 4.78 is 27.3. The number of nitrogens with two attached hydrogens (primary N) is 1. The summed E-state index contributed by atoms with van der Waals surface area (Å²) in [6, 6.07) is 2.75. The van der Waals surface area contributed by atoms with Crippen molar-refractivity contribution in [3.63, 3.8) is 0 Å². The monoisotopic (exact) mass is 417 g/mol. The van der Waals surface area contributed by atoms with Gasteiger partial charge >= 0.3 is 0 Å². The van der Waals surface area contributed by atoms with Gasteiger partial charge in [-0.3, -0.25) is 4.79 Å². The molecule has 10 heteroatoms. The van der Waals surface area contributed by atoms with Crippen LogP contribution in [0.3, 0.4) is 0 Å². The van der Waals surface area contributed by atoms with Crippen molar-refractivity contribution in [1.29, 1.82) is 0 Å². The molecule has 1 atom stereocenters. The molecule has 2 N–H and O–H groups in total. The van der Waals surface area contributed by atoms with Crippen molar-refractivity contribution in [1.82, 2.24) is 9.21 Å². The molecular formula is C11H17BrClN3O3S2. The van der Waals surface area contributed by atoms with Gasteiger partial charge in [-0.05, 0) is 35.0 Å². The molecule has 2 heterocycles. The van der Waals surface area contributed by atoms with Crippen LogP contribution in [0.1, 0.15) is 6.92 Å². The number of carbonyl (C=O) groups excluding carboxylic acids is 1. The van der Waals surface area contributed by atoms with Gasteiger partial charge in [0.2, 0.25) is 5.91 Å². The second kappa shape index (κ2) is 7.38. The minimum atomic E-state index is -3.46. The van der Waals surface area contributed by atoms with E-state index >= 15 is 0 Å². The maximum absolute atomic E-state index is 12.4. The average Bonchev–Trinajstić information content (AvgIpc) is 2.85. The van der Waals surface area contributed by atoms with E-state index in [4.69, 9.17) is 5.73 Å². The van der Waals surface area contributed by atoms with E-state index < -0.39 is 16.1 Å². The van der Waals surface area contributed by atoms with Crippen LogP contribution in [0.5, 0.6) is 0 Å². The molecule has 1 unspecified atom stereocenters. The Morgan fingerprint density at radius 3 is 2.33 bits per heavy atom. The highest BCUT2D eigenvalue weighted by molar-refractivity contribution is 9.11. The maximum atomic E-state index is 12.4. The van der Waals surface area contributed by atoms with E-state index in [0.29, 0.717) is 30.4 Å². The topological polar surface area (TPSA) is 83.7 Å². The first-order valence-corrected chi connectivity index (χ1v) is 9.17. The molecule has 0 bridgehead atoms. The Hall–Kier alpha value is -0.190. The lowest BCUT2D eigenvalue weighted by Crippen LogP contribution is -2.53. The lowest BCUT2D eigenvalue weighted by molar-refractivity contribution is -0.133. The SMILES string of the molecule is CC(N)C(=O)N1CCN(S(=O)(=O)c2ccc(Br)s2)CC1.Cl. The molecule has 1 aromatic heterocycles. The second-order valence-corrected chi connectivity index (χ2v) is 9.20. The van der Waals surface area contributed by atoms with Crippen molar-refractivity contribution in [3.05, 3.63) is 15.9 Å². The molecule has 1 amide bonds. The number of sulfonamides is 1. The molecule has 0 spiro atoms. The molecule has 1 aromatic rings. The lowest BCUT2D eigenvalue weighted by Gasteiger charge is -2.34. The molecule has 0 saturated carbocycles. The highest BCUT2D eigenvalue weighted by Gasteiger charge is 2.31. The third-order valence-electron chi connectivity index (χ3n) is 3.08. The predicted molar refractivity (Wildman–Crippen MR) is 88.3 cm³/mol. The first-order chi connectivity index (χ1) is 9.32. The number of hydrogen-bond acceptors (Lipinski definition) is 5. The van der Waals surface area contributed by atoms with Gasteiger partial charge in [0, 0.05) is 26.2 Å². The van der Waals surface area contributed by atoms with Gasteiger partial charge in [-0.25, -0.2) is 8.42 Å². The lowest BCUT2D eigenvalue weighted by atomic mass is 10.2. The van der Waals surface area contributed by atoms with Gasteiger partial charge in [0.1, 0.15) is 4.21 Å². The normalized spacial score (nSPS) is 18.1. The van der Waals surface area contributed by atoms with Gasteiger partial charge in [-0.2, -0.15) is 4.31 Å². The fourth-order valence-electron chi connectivity index (χ4n) is 2.00. The van der Waals surface area contributed by atoms with E-state index in [2.05, 4.69) is 15.9 Å². The van der Waals surface area contributed by atoms with Gasteiger partial charge in [0.15, 0.2) is 0 Å². The van der Waals surface area contributed by atoms with Crippen LogP contribution < -0.4 is 5.73 Å². The highest BCUT2D eigenvalue weighted by atomic mass is 79.9. The summed E-state index contributed by atoms with van der Waals surface area (Å²) in [5.41, 5.74) is 5.55. The van der Waals surface area contributed by atoms with E-state index in [1.54, 1.807) is 24.0 Å². The van der Waals surface area contributed by atoms with Crippen molar-refractivity contribution in [2.45, 2.75) is 17.2 Å². The molecule has 2 rings (SSSR count). The Balaban J connectivity index is 0.00000220. The van der Waals surface area contributed by atoms with Crippen molar-refractivity contribution in [2.75, 3.05) is 26.2 Å². The second-order valence-electron chi connectivity index (χ2n) is 4.58. The Morgan fingerprint density at radius 1 is 1.33 bits per heavy atom. The molecule has 0 radical (unpaired) electrons. The largest absolute Gasteiger partial charge is 0.339 e. The standard InChI is InChI=1S/C11H16BrN3O3S2.ClH/c1-8(13)11(16)14-4-6-15(7-5-14)20(17,18)10-3-2-9(12)19-10;/h2-3,8H,4-7,13H2,1H3;1H. The van der Waals surface area contributed by atoms with E-state index in [1.807, 2.05) is 0 Å². The van der Waals surface area contributed by atoms with Crippen LogP contribution >= 0.6 is 39.7 Å². The van der Waals surface area contributed by atoms with Crippen LogP contribution in [0.4, 0.5) is 0 Å². The number of halogens is 2.